The summed E-state index contributed by atoms with van der Waals surface area (Å²) in [6, 6.07) is 0.807. The molecule has 0 amide bonds. The molecule has 2 heterocycles. The van der Waals surface area contributed by atoms with E-state index in [1.54, 1.807) is 0 Å². The Morgan fingerprint density at radius 2 is 2.24 bits per heavy atom. The zero-order valence-electron chi connectivity index (χ0n) is 11.3. The van der Waals surface area contributed by atoms with E-state index in [4.69, 9.17) is 4.74 Å². The van der Waals surface area contributed by atoms with Gasteiger partial charge in [-0.1, -0.05) is 6.42 Å². The van der Waals surface area contributed by atoms with Crippen LogP contribution in [-0.2, 0) is 4.74 Å². The lowest BCUT2D eigenvalue weighted by atomic mass is 10.0. The van der Waals surface area contributed by atoms with Crippen LogP contribution in [0.25, 0.3) is 0 Å². The molecule has 2 fully saturated rings. The van der Waals surface area contributed by atoms with Crippen molar-refractivity contribution >= 4 is 0 Å². The quantitative estimate of drug-likeness (QED) is 0.767. The van der Waals surface area contributed by atoms with E-state index < -0.39 is 0 Å². The summed E-state index contributed by atoms with van der Waals surface area (Å²) in [7, 11) is 1.82. The molecule has 100 valence electrons. The van der Waals surface area contributed by atoms with E-state index in [1.807, 2.05) is 7.11 Å². The monoisotopic (exact) mass is 240 g/mol. The van der Waals surface area contributed by atoms with Crippen LogP contribution < -0.4 is 5.32 Å². The van der Waals surface area contributed by atoms with Crippen molar-refractivity contribution in [3.05, 3.63) is 0 Å². The summed E-state index contributed by atoms with van der Waals surface area (Å²) in [5, 5.41) is 3.64. The number of nitrogens with zero attached hydrogens (tertiary/aromatic N) is 1. The van der Waals surface area contributed by atoms with Crippen LogP contribution in [0, 0.1) is 5.92 Å². The molecule has 17 heavy (non-hydrogen) atoms. The summed E-state index contributed by atoms with van der Waals surface area (Å²) in [4.78, 5) is 2.62. The number of nitrogens with one attached hydrogen (secondary N) is 1. The summed E-state index contributed by atoms with van der Waals surface area (Å²) in [6.07, 6.45) is 8.25. The largest absolute Gasteiger partial charge is 0.384 e. The van der Waals surface area contributed by atoms with E-state index >= 15 is 0 Å². The predicted octanol–water partition coefficient (Wildman–Crippen LogP) is 1.88. The molecule has 2 saturated heterocycles. The second kappa shape index (κ2) is 7.34. The van der Waals surface area contributed by atoms with Crippen LogP contribution in [0.5, 0.6) is 0 Å². The Balaban J connectivity index is 1.53. The first-order chi connectivity index (χ1) is 8.38. The SMILES string of the molecule is COCC1CCN(CCCC2CCCCN2)C1. The van der Waals surface area contributed by atoms with Crippen LogP contribution in [0.3, 0.4) is 0 Å². The third-order valence-corrected chi connectivity index (χ3v) is 4.21. The van der Waals surface area contributed by atoms with Crippen LogP contribution in [-0.4, -0.2) is 50.8 Å². The molecule has 0 spiro atoms. The van der Waals surface area contributed by atoms with Crippen molar-refractivity contribution in [3.63, 3.8) is 0 Å². The van der Waals surface area contributed by atoms with Crippen LogP contribution in [0.15, 0.2) is 0 Å². The molecule has 2 unspecified atom stereocenters. The van der Waals surface area contributed by atoms with Crippen LogP contribution in [0.1, 0.15) is 38.5 Å². The number of rotatable bonds is 6. The van der Waals surface area contributed by atoms with E-state index in [2.05, 4.69) is 10.2 Å². The van der Waals surface area contributed by atoms with Crippen molar-refractivity contribution in [3.8, 4) is 0 Å². The van der Waals surface area contributed by atoms with Gasteiger partial charge in [0, 0.05) is 19.7 Å². The summed E-state index contributed by atoms with van der Waals surface area (Å²) in [5.41, 5.74) is 0. The van der Waals surface area contributed by atoms with Gasteiger partial charge in [0.25, 0.3) is 0 Å². The van der Waals surface area contributed by atoms with Gasteiger partial charge in [-0.15, -0.1) is 0 Å². The van der Waals surface area contributed by atoms with E-state index in [1.165, 1.54) is 64.7 Å². The van der Waals surface area contributed by atoms with E-state index in [-0.39, 0.29) is 0 Å². The van der Waals surface area contributed by atoms with Crippen LogP contribution in [0.2, 0.25) is 0 Å². The molecule has 0 aromatic carbocycles. The number of hydrogen-bond donors (Lipinski definition) is 1. The highest BCUT2D eigenvalue weighted by Crippen LogP contribution is 2.18. The summed E-state index contributed by atoms with van der Waals surface area (Å²) >= 11 is 0. The smallest absolute Gasteiger partial charge is 0.0503 e. The second-order valence-corrected chi connectivity index (χ2v) is 5.70. The minimum atomic E-state index is 0.785. The Labute approximate surface area is 106 Å². The molecular weight excluding hydrogens is 212 g/mol. The predicted molar refractivity (Wildman–Crippen MR) is 71.3 cm³/mol. The van der Waals surface area contributed by atoms with Gasteiger partial charge in [-0.3, -0.25) is 0 Å². The zero-order chi connectivity index (χ0) is 11.9. The van der Waals surface area contributed by atoms with E-state index in [0.717, 1.165) is 18.6 Å². The van der Waals surface area contributed by atoms with Gasteiger partial charge in [0.05, 0.1) is 6.61 Å². The molecule has 0 radical (unpaired) electrons. The van der Waals surface area contributed by atoms with Crippen LogP contribution >= 0.6 is 0 Å². The fraction of sp³-hybridized carbons (Fsp3) is 1.00. The molecule has 0 saturated carbocycles. The molecule has 2 aliphatic heterocycles. The van der Waals surface area contributed by atoms with Crippen molar-refractivity contribution in [1.29, 1.82) is 0 Å². The molecule has 2 rings (SSSR count). The molecule has 1 N–H and O–H groups in total. The lowest BCUT2D eigenvalue weighted by Crippen LogP contribution is -2.34. The molecule has 0 bridgehead atoms. The summed E-state index contributed by atoms with van der Waals surface area (Å²) < 4.78 is 5.24. The highest BCUT2D eigenvalue weighted by molar-refractivity contribution is 4.77. The normalized spacial score (nSPS) is 30.9. The Kier molecular flexibility index (Phi) is 5.75. The Morgan fingerprint density at radius 1 is 1.29 bits per heavy atom. The van der Waals surface area contributed by atoms with E-state index in [0.29, 0.717) is 0 Å². The maximum atomic E-state index is 5.24. The first-order valence-electron chi connectivity index (χ1n) is 7.33. The molecule has 2 aliphatic rings. The number of methoxy groups -OCH3 is 1. The standard InChI is InChI=1S/C14H28N2O/c1-17-12-13-7-10-16(11-13)9-4-6-14-5-2-3-8-15-14/h13-15H,2-12H2,1H3. The van der Waals surface area contributed by atoms with Crippen molar-refractivity contribution in [2.45, 2.75) is 44.6 Å². The molecule has 2 atom stereocenters. The fourth-order valence-electron chi connectivity index (χ4n) is 3.22. The molecule has 3 nitrogen and oxygen atoms in total. The van der Waals surface area contributed by atoms with Gasteiger partial charge in [-0.2, -0.15) is 0 Å². The second-order valence-electron chi connectivity index (χ2n) is 5.70. The Bertz CT molecular complexity index is 204. The average Bonchev–Trinajstić information content (AvgIpc) is 2.79. The van der Waals surface area contributed by atoms with Gasteiger partial charge < -0.3 is 15.0 Å². The average molecular weight is 240 g/mol. The van der Waals surface area contributed by atoms with Gasteiger partial charge in [-0.25, -0.2) is 0 Å². The first kappa shape index (κ1) is 13.3. The molecular formula is C14H28N2O. The molecule has 0 aliphatic carbocycles. The minimum absolute atomic E-state index is 0.785. The minimum Gasteiger partial charge on any atom is -0.384 e. The Morgan fingerprint density at radius 3 is 3.00 bits per heavy atom. The van der Waals surface area contributed by atoms with Gasteiger partial charge in [0.1, 0.15) is 0 Å². The zero-order valence-corrected chi connectivity index (χ0v) is 11.3. The highest BCUT2D eigenvalue weighted by Gasteiger charge is 2.22. The van der Waals surface area contributed by atoms with Gasteiger partial charge >= 0.3 is 0 Å². The fourth-order valence-corrected chi connectivity index (χ4v) is 3.22. The van der Waals surface area contributed by atoms with Gasteiger partial charge in [0.15, 0.2) is 0 Å². The third kappa shape index (κ3) is 4.57. The maximum absolute atomic E-state index is 5.24. The summed E-state index contributed by atoms with van der Waals surface area (Å²) in [6.45, 7) is 6.02. The number of likely N-dealkylation sites (tertiary alicyclic amines) is 1. The third-order valence-electron chi connectivity index (χ3n) is 4.21. The maximum Gasteiger partial charge on any atom is 0.0503 e. The topological polar surface area (TPSA) is 24.5 Å². The van der Waals surface area contributed by atoms with Crippen LogP contribution in [0.4, 0.5) is 0 Å². The first-order valence-corrected chi connectivity index (χ1v) is 7.33. The van der Waals surface area contributed by atoms with Crippen molar-refractivity contribution < 1.29 is 4.74 Å². The van der Waals surface area contributed by atoms with Crippen molar-refractivity contribution in [2.75, 3.05) is 39.9 Å². The number of ether oxygens (including phenoxy) is 1. The highest BCUT2D eigenvalue weighted by atomic mass is 16.5. The molecule has 0 aromatic rings. The molecule has 3 heteroatoms. The molecule has 0 aromatic heterocycles. The lowest BCUT2D eigenvalue weighted by Gasteiger charge is -2.24. The van der Waals surface area contributed by atoms with Crippen molar-refractivity contribution in [2.24, 2.45) is 5.92 Å². The van der Waals surface area contributed by atoms with Crippen molar-refractivity contribution in [1.82, 2.24) is 10.2 Å². The Hall–Kier alpha value is -0.120. The summed E-state index contributed by atoms with van der Waals surface area (Å²) in [5.74, 6) is 0.785. The van der Waals surface area contributed by atoms with Gasteiger partial charge in [-0.05, 0) is 57.7 Å². The van der Waals surface area contributed by atoms with E-state index in [9.17, 15) is 0 Å². The number of piperidine rings is 1. The number of hydrogen-bond acceptors (Lipinski definition) is 3. The lowest BCUT2D eigenvalue weighted by molar-refractivity contribution is 0.153. The van der Waals surface area contributed by atoms with Gasteiger partial charge in [0.2, 0.25) is 0 Å².